The topological polar surface area (TPSA) is 101 Å². The number of urea groups is 1. The van der Waals surface area contributed by atoms with Crippen molar-refractivity contribution in [3.63, 3.8) is 0 Å². The first kappa shape index (κ1) is 22.7. The van der Waals surface area contributed by atoms with E-state index in [2.05, 4.69) is 25.3 Å². The van der Waals surface area contributed by atoms with Gasteiger partial charge in [0.1, 0.15) is 0 Å². The Bertz CT molecular complexity index is 1400. The molecular formula is C25H23ClN6O3. The van der Waals surface area contributed by atoms with E-state index in [0.717, 1.165) is 37.1 Å². The molecule has 0 unspecified atom stereocenters. The third-order valence-corrected chi connectivity index (χ3v) is 6.18. The standard InChI is InChI=1S/C25H23ClN6O3/c1-35-25(34)29-18-6-4-16(5-7-18)17-13-27-23-30-22(15-32(23)14-17)20-12-19(8-9-21(20)26)28-24(33)31-10-2-3-11-31/h4-9,12-15H,2-3,10-11H2,1H3,(H,28,33)(H,29,34). The molecule has 4 aromatic rings. The van der Waals surface area contributed by atoms with Crippen LogP contribution in [0.15, 0.2) is 61.1 Å². The maximum absolute atomic E-state index is 12.5. The van der Waals surface area contributed by atoms with Crippen LogP contribution in [0.3, 0.4) is 0 Å². The van der Waals surface area contributed by atoms with Crippen LogP contribution in [0.1, 0.15) is 12.8 Å². The zero-order chi connectivity index (χ0) is 24.4. The Labute approximate surface area is 206 Å². The van der Waals surface area contributed by atoms with Crippen LogP contribution in [0, 0.1) is 0 Å². The van der Waals surface area contributed by atoms with Crippen molar-refractivity contribution in [1.82, 2.24) is 19.3 Å². The molecule has 2 aromatic heterocycles. The molecule has 178 valence electrons. The maximum atomic E-state index is 12.5. The molecule has 35 heavy (non-hydrogen) atoms. The molecule has 1 aliphatic rings. The Morgan fingerprint density at radius 1 is 0.971 bits per heavy atom. The molecule has 0 atom stereocenters. The second-order valence-electron chi connectivity index (χ2n) is 8.19. The fraction of sp³-hybridized carbons (Fsp3) is 0.200. The lowest BCUT2D eigenvalue weighted by Crippen LogP contribution is -2.32. The van der Waals surface area contributed by atoms with Gasteiger partial charge in [0.05, 0.1) is 17.8 Å². The van der Waals surface area contributed by atoms with E-state index in [1.807, 2.05) is 39.9 Å². The third kappa shape index (κ3) is 4.90. The second kappa shape index (κ2) is 9.63. The van der Waals surface area contributed by atoms with Gasteiger partial charge in [-0.3, -0.25) is 9.72 Å². The molecule has 0 radical (unpaired) electrons. The normalized spacial score (nSPS) is 13.1. The van der Waals surface area contributed by atoms with Gasteiger partial charge in [-0.15, -0.1) is 0 Å². The Kier molecular flexibility index (Phi) is 6.24. The lowest BCUT2D eigenvalue weighted by Gasteiger charge is -2.16. The number of halogens is 1. The average Bonchev–Trinajstić information content (AvgIpc) is 3.55. The van der Waals surface area contributed by atoms with E-state index >= 15 is 0 Å². The van der Waals surface area contributed by atoms with Crippen LogP contribution >= 0.6 is 11.6 Å². The molecule has 9 nitrogen and oxygen atoms in total. The molecule has 1 aliphatic heterocycles. The van der Waals surface area contributed by atoms with Gasteiger partial charge in [0.2, 0.25) is 5.78 Å². The van der Waals surface area contributed by atoms with Gasteiger partial charge in [0.25, 0.3) is 0 Å². The number of likely N-dealkylation sites (tertiary alicyclic amines) is 1. The number of hydrogen-bond donors (Lipinski definition) is 2. The third-order valence-electron chi connectivity index (χ3n) is 5.85. The van der Waals surface area contributed by atoms with E-state index in [1.165, 1.54) is 7.11 Å². The molecule has 3 amide bonds. The number of carbonyl (C=O) groups is 2. The van der Waals surface area contributed by atoms with Crippen molar-refractivity contribution in [3.8, 4) is 22.4 Å². The molecule has 0 spiro atoms. The summed E-state index contributed by atoms with van der Waals surface area (Å²) in [5, 5.41) is 6.10. The molecule has 1 saturated heterocycles. The highest BCUT2D eigenvalue weighted by Crippen LogP contribution is 2.31. The molecule has 10 heteroatoms. The van der Waals surface area contributed by atoms with E-state index in [0.29, 0.717) is 33.4 Å². The van der Waals surface area contributed by atoms with Crippen molar-refractivity contribution in [2.45, 2.75) is 12.8 Å². The van der Waals surface area contributed by atoms with Gasteiger partial charge in [-0.25, -0.2) is 19.6 Å². The number of benzene rings is 2. The quantitative estimate of drug-likeness (QED) is 0.392. The van der Waals surface area contributed by atoms with Crippen molar-refractivity contribution in [2.24, 2.45) is 0 Å². The SMILES string of the molecule is COC(=O)Nc1ccc(-c2cnc3nc(-c4cc(NC(=O)N5CCCC5)ccc4Cl)cn3c2)cc1. The van der Waals surface area contributed by atoms with Crippen LogP contribution in [-0.2, 0) is 4.74 Å². The number of ether oxygens (including phenoxy) is 1. The van der Waals surface area contributed by atoms with Crippen LogP contribution < -0.4 is 10.6 Å². The van der Waals surface area contributed by atoms with E-state index in [9.17, 15) is 9.59 Å². The average molecular weight is 491 g/mol. The maximum Gasteiger partial charge on any atom is 0.411 e. The number of amides is 3. The van der Waals surface area contributed by atoms with Gasteiger partial charge in [0, 0.05) is 54.2 Å². The summed E-state index contributed by atoms with van der Waals surface area (Å²) >= 11 is 6.48. The fourth-order valence-corrected chi connectivity index (χ4v) is 4.21. The van der Waals surface area contributed by atoms with E-state index in [1.54, 1.807) is 30.5 Å². The zero-order valence-electron chi connectivity index (χ0n) is 19.0. The van der Waals surface area contributed by atoms with E-state index in [4.69, 9.17) is 11.6 Å². The first-order chi connectivity index (χ1) is 17.0. The van der Waals surface area contributed by atoms with Crippen molar-refractivity contribution >= 4 is 40.9 Å². The summed E-state index contributed by atoms with van der Waals surface area (Å²) in [5.41, 5.74) is 4.45. The number of carbonyl (C=O) groups excluding carboxylic acids is 2. The minimum atomic E-state index is -0.523. The number of hydrogen-bond acceptors (Lipinski definition) is 5. The van der Waals surface area contributed by atoms with Crippen molar-refractivity contribution in [3.05, 3.63) is 66.1 Å². The van der Waals surface area contributed by atoms with Crippen LogP contribution in [0.4, 0.5) is 21.0 Å². The monoisotopic (exact) mass is 490 g/mol. The summed E-state index contributed by atoms with van der Waals surface area (Å²) < 4.78 is 6.44. The lowest BCUT2D eigenvalue weighted by molar-refractivity contribution is 0.187. The molecule has 3 heterocycles. The van der Waals surface area contributed by atoms with Gasteiger partial charge >= 0.3 is 12.1 Å². The number of fused-ring (bicyclic) bond motifs is 1. The van der Waals surface area contributed by atoms with Crippen LogP contribution in [0.2, 0.25) is 5.02 Å². The van der Waals surface area contributed by atoms with Crippen molar-refractivity contribution in [1.29, 1.82) is 0 Å². The second-order valence-corrected chi connectivity index (χ2v) is 8.60. The number of aromatic nitrogens is 3. The Morgan fingerprint density at radius 2 is 1.71 bits per heavy atom. The fourth-order valence-electron chi connectivity index (χ4n) is 4.00. The van der Waals surface area contributed by atoms with Gasteiger partial charge in [-0.1, -0.05) is 23.7 Å². The van der Waals surface area contributed by atoms with Gasteiger partial charge in [-0.2, -0.15) is 0 Å². The summed E-state index contributed by atoms with van der Waals surface area (Å²) in [4.78, 5) is 34.8. The largest absolute Gasteiger partial charge is 0.453 e. The predicted octanol–water partition coefficient (Wildman–Crippen LogP) is 5.52. The van der Waals surface area contributed by atoms with Gasteiger partial charge in [0.15, 0.2) is 0 Å². The van der Waals surface area contributed by atoms with E-state index in [-0.39, 0.29) is 6.03 Å². The van der Waals surface area contributed by atoms with Crippen molar-refractivity contribution in [2.75, 3.05) is 30.8 Å². The predicted molar refractivity (Wildman–Crippen MR) is 135 cm³/mol. The van der Waals surface area contributed by atoms with Gasteiger partial charge in [-0.05, 0) is 48.7 Å². The number of rotatable bonds is 4. The van der Waals surface area contributed by atoms with Crippen LogP contribution in [0.5, 0.6) is 0 Å². The Balaban J connectivity index is 1.39. The molecule has 0 saturated carbocycles. The highest BCUT2D eigenvalue weighted by molar-refractivity contribution is 6.33. The molecular weight excluding hydrogens is 468 g/mol. The first-order valence-electron chi connectivity index (χ1n) is 11.2. The first-order valence-corrected chi connectivity index (χ1v) is 11.5. The molecule has 2 N–H and O–H groups in total. The summed E-state index contributed by atoms with van der Waals surface area (Å²) in [6.07, 6.45) is 7.06. The summed E-state index contributed by atoms with van der Waals surface area (Å²) in [5.74, 6) is 0.523. The Hall–Kier alpha value is -4.11. The minimum Gasteiger partial charge on any atom is -0.453 e. The van der Waals surface area contributed by atoms with Crippen LogP contribution in [-0.4, -0.2) is 51.6 Å². The number of nitrogens with zero attached hydrogens (tertiary/aromatic N) is 4. The molecule has 2 aromatic carbocycles. The number of nitrogens with one attached hydrogen (secondary N) is 2. The molecule has 1 fully saturated rings. The highest BCUT2D eigenvalue weighted by atomic mass is 35.5. The lowest BCUT2D eigenvalue weighted by atomic mass is 10.1. The number of anilines is 2. The molecule has 0 bridgehead atoms. The van der Waals surface area contributed by atoms with Gasteiger partial charge < -0.3 is 15.0 Å². The number of imidazole rings is 1. The summed E-state index contributed by atoms with van der Waals surface area (Å²) in [6, 6.07) is 12.6. The summed E-state index contributed by atoms with van der Waals surface area (Å²) in [7, 11) is 1.32. The van der Waals surface area contributed by atoms with Crippen molar-refractivity contribution < 1.29 is 14.3 Å². The smallest absolute Gasteiger partial charge is 0.411 e. The summed E-state index contributed by atoms with van der Waals surface area (Å²) in [6.45, 7) is 1.55. The molecule has 0 aliphatic carbocycles. The minimum absolute atomic E-state index is 0.107. The molecule has 5 rings (SSSR count). The number of methoxy groups -OCH3 is 1. The van der Waals surface area contributed by atoms with Crippen LogP contribution in [0.25, 0.3) is 28.2 Å². The Morgan fingerprint density at radius 3 is 2.46 bits per heavy atom. The van der Waals surface area contributed by atoms with E-state index < -0.39 is 6.09 Å². The zero-order valence-corrected chi connectivity index (χ0v) is 19.7. The highest BCUT2D eigenvalue weighted by Gasteiger charge is 2.18.